The number of imidazole rings is 1. The Morgan fingerprint density at radius 2 is 1.90 bits per heavy atom. The second-order valence-corrected chi connectivity index (χ2v) is 7.33. The molecule has 156 valence electrons. The molecule has 1 amide bonds. The Morgan fingerprint density at radius 1 is 1.16 bits per heavy atom. The Hall–Kier alpha value is -4.20. The largest absolute Gasteiger partial charge is 0.508 e. The van der Waals surface area contributed by atoms with E-state index in [9.17, 15) is 15.0 Å². The van der Waals surface area contributed by atoms with E-state index in [2.05, 4.69) is 47.4 Å². The van der Waals surface area contributed by atoms with Crippen molar-refractivity contribution >= 4 is 22.9 Å². The molecule has 1 saturated carbocycles. The maximum absolute atomic E-state index is 12.4. The van der Waals surface area contributed by atoms with Crippen LogP contribution in [0.3, 0.4) is 0 Å². The van der Waals surface area contributed by atoms with E-state index in [-0.39, 0.29) is 29.2 Å². The van der Waals surface area contributed by atoms with Crippen LogP contribution >= 0.6 is 0 Å². The molecule has 3 aromatic heterocycles. The zero-order valence-corrected chi connectivity index (χ0v) is 16.7. The molecule has 3 atom stereocenters. The van der Waals surface area contributed by atoms with Crippen LogP contribution in [0.1, 0.15) is 24.1 Å². The minimum atomic E-state index is -1.10. The summed E-state index contributed by atoms with van der Waals surface area (Å²) in [4.78, 5) is 33.8. The molecule has 11 nitrogen and oxygen atoms in total. The van der Waals surface area contributed by atoms with Crippen LogP contribution in [0.5, 0.6) is 0 Å². The van der Waals surface area contributed by atoms with Gasteiger partial charge in [0.25, 0.3) is 0 Å². The van der Waals surface area contributed by atoms with Crippen molar-refractivity contribution in [3.05, 3.63) is 48.0 Å². The third kappa shape index (κ3) is 2.61. The lowest BCUT2D eigenvalue weighted by Crippen LogP contribution is -2.30. The van der Waals surface area contributed by atoms with Crippen LogP contribution < -0.4 is 10.6 Å². The van der Waals surface area contributed by atoms with E-state index in [1.54, 1.807) is 30.1 Å². The number of nitrogens with zero attached hydrogens (tertiary/aromatic N) is 6. The topological polar surface area (TPSA) is 151 Å². The van der Waals surface area contributed by atoms with Gasteiger partial charge in [-0.2, -0.15) is 0 Å². The number of aromatic nitrogens is 6. The predicted molar refractivity (Wildman–Crippen MR) is 109 cm³/mol. The van der Waals surface area contributed by atoms with Crippen molar-refractivity contribution in [1.29, 1.82) is 0 Å². The van der Waals surface area contributed by atoms with E-state index < -0.39 is 11.5 Å². The van der Waals surface area contributed by atoms with Gasteiger partial charge in [0.05, 0.1) is 6.33 Å². The van der Waals surface area contributed by atoms with Crippen molar-refractivity contribution < 1.29 is 15.0 Å². The highest BCUT2D eigenvalue weighted by Crippen LogP contribution is 2.69. The Morgan fingerprint density at radius 3 is 2.61 bits per heavy atom. The molecule has 3 heterocycles. The number of aliphatic hydroxyl groups excluding tert-OH is 2. The molecular weight excluding hydrogens is 400 g/mol. The predicted octanol–water partition coefficient (Wildman–Crippen LogP) is 0.692. The number of hydrogen-bond donors (Lipinski definition) is 4. The molecule has 0 bridgehead atoms. The lowest BCUT2D eigenvalue weighted by molar-refractivity contribution is -0.125. The van der Waals surface area contributed by atoms with Crippen LogP contribution in [0.25, 0.3) is 11.2 Å². The van der Waals surface area contributed by atoms with Crippen molar-refractivity contribution in [3.8, 4) is 11.8 Å². The van der Waals surface area contributed by atoms with Crippen molar-refractivity contribution in [2.24, 2.45) is 11.3 Å². The van der Waals surface area contributed by atoms with Gasteiger partial charge in [-0.1, -0.05) is 0 Å². The van der Waals surface area contributed by atoms with E-state index in [4.69, 9.17) is 0 Å². The normalized spacial score (nSPS) is 23.8. The first kappa shape index (κ1) is 18.8. The molecule has 0 aromatic carbocycles. The summed E-state index contributed by atoms with van der Waals surface area (Å²) in [5.41, 5.74) is -0.206. The first-order valence-corrected chi connectivity index (χ1v) is 9.57. The molecule has 1 fully saturated rings. The smallest absolute Gasteiger partial charge is 0.234 e. The van der Waals surface area contributed by atoms with Crippen LogP contribution in [-0.4, -0.2) is 59.7 Å². The Kier molecular flexibility index (Phi) is 4.04. The molecule has 2 aliphatic carbocycles. The molecule has 0 radical (unpaired) electrons. The maximum Gasteiger partial charge on any atom is 0.234 e. The number of aliphatic hydroxyl groups is 2. The van der Waals surface area contributed by atoms with Gasteiger partial charge >= 0.3 is 0 Å². The first-order chi connectivity index (χ1) is 15.0. The third-order valence-corrected chi connectivity index (χ3v) is 5.78. The van der Waals surface area contributed by atoms with Crippen molar-refractivity contribution in [2.75, 3.05) is 19.4 Å². The summed E-state index contributed by atoms with van der Waals surface area (Å²) in [7, 11) is 3.21. The fourth-order valence-electron chi connectivity index (χ4n) is 4.24. The van der Waals surface area contributed by atoms with E-state index in [1.165, 1.54) is 13.4 Å². The van der Waals surface area contributed by atoms with Gasteiger partial charge in [-0.15, -0.1) is 0 Å². The molecule has 5 rings (SSSR count). The van der Waals surface area contributed by atoms with Gasteiger partial charge in [-0.3, -0.25) is 4.79 Å². The van der Waals surface area contributed by atoms with Crippen LogP contribution in [0.2, 0.25) is 0 Å². The van der Waals surface area contributed by atoms with Crippen LogP contribution in [0, 0.1) is 23.2 Å². The molecular formula is C20H18N8O3. The van der Waals surface area contributed by atoms with Gasteiger partial charge in [-0.25, -0.2) is 24.9 Å². The summed E-state index contributed by atoms with van der Waals surface area (Å²) in [5, 5.41) is 26.7. The summed E-state index contributed by atoms with van der Waals surface area (Å²) in [6.45, 7) is 0. The second kappa shape index (κ2) is 6.66. The average molecular weight is 418 g/mol. The quantitative estimate of drug-likeness (QED) is 0.450. The Labute approximate surface area is 176 Å². The van der Waals surface area contributed by atoms with E-state index in [0.717, 1.165) is 0 Å². The van der Waals surface area contributed by atoms with Crippen molar-refractivity contribution in [1.82, 2.24) is 34.8 Å². The van der Waals surface area contributed by atoms with Crippen molar-refractivity contribution in [3.63, 3.8) is 0 Å². The molecule has 0 saturated heterocycles. The summed E-state index contributed by atoms with van der Waals surface area (Å²) >= 11 is 0. The highest BCUT2D eigenvalue weighted by Gasteiger charge is 2.72. The highest BCUT2D eigenvalue weighted by molar-refractivity contribution is 5.90. The number of rotatable bonds is 3. The summed E-state index contributed by atoms with van der Waals surface area (Å²) in [6, 6.07) is 1.03. The minimum Gasteiger partial charge on any atom is -0.508 e. The average Bonchev–Trinajstić information content (AvgIpc) is 3.34. The molecule has 3 aromatic rings. The number of nitrogens with one attached hydrogen (secondary N) is 2. The zero-order chi connectivity index (χ0) is 21.8. The number of carbonyl (C=O) groups is 1. The van der Waals surface area contributed by atoms with E-state index in [1.807, 2.05) is 0 Å². The standard InChI is InChI=1S/C20H18N8O3/c1-21-17-13-18(27-12(26-17)5-4-11-23-6-3-7-24-11)28(9-25-13)14-10-8-20(10,19(31)22-2)16(30)15(14)29/h3,6-7,9-10,14,29-30H,8H2,1-2H3,(H,22,31)(H,21,26,27)/t10?,14-,20?/m1/s1. The SMILES string of the molecule is CNC(=O)C12CC1[C@@H](n1cnc3c(NC)nc(C#Cc4ncccn4)nc31)C(O)=C2O. The zero-order valence-electron chi connectivity index (χ0n) is 16.7. The summed E-state index contributed by atoms with van der Waals surface area (Å²) in [5.74, 6) is 5.48. The van der Waals surface area contributed by atoms with Gasteiger partial charge in [-0.05, 0) is 24.3 Å². The van der Waals surface area contributed by atoms with E-state index >= 15 is 0 Å². The molecule has 31 heavy (non-hydrogen) atoms. The number of fused-ring (bicyclic) bond motifs is 2. The van der Waals surface area contributed by atoms with Gasteiger partial charge in [0.15, 0.2) is 22.7 Å². The minimum absolute atomic E-state index is 0.213. The van der Waals surface area contributed by atoms with Gasteiger partial charge in [0.2, 0.25) is 17.6 Å². The number of hydrogen-bond acceptors (Lipinski definition) is 9. The third-order valence-electron chi connectivity index (χ3n) is 5.78. The summed E-state index contributed by atoms with van der Waals surface area (Å²) in [6.07, 6.45) is 5.12. The molecule has 0 spiro atoms. The fourth-order valence-corrected chi connectivity index (χ4v) is 4.24. The van der Waals surface area contributed by atoms with Gasteiger partial charge in [0.1, 0.15) is 17.2 Å². The van der Waals surface area contributed by atoms with Gasteiger partial charge in [0, 0.05) is 32.4 Å². The lowest BCUT2D eigenvalue weighted by Gasteiger charge is -2.15. The molecule has 2 unspecified atom stereocenters. The van der Waals surface area contributed by atoms with Crippen molar-refractivity contribution in [2.45, 2.75) is 12.5 Å². The molecule has 0 aliphatic heterocycles. The number of anilines is 1. The summed E-state index contributed by atoms with van der Waals surface area (Å²) < 4.78 is 1.65. The Bertz CT molecular complexity index is 1310. The Balaban J connectivity index is 1.60. The first-order valence-electron chi connectivity index (χ1n) is 9.57. The number of allylic oxidation sites excluding steroid dienone is 1. The highest BCUT2D eigenvalue weighted by atomic mass is 16.3. The lowest BCUT2D eigenvalue weighted by atomic mass is 10.0. The fraction of sp³-hybridized carbons (Fsp3) is 0.300. The molecule has 2 aliphatic rings. The van der Waals surface area contributed by atoms with E-state index in [0.29, 0.717) is 29.2 Å². The molecule has 11 heteroatoms. The van der Waals surface area contributed by atoms with Crippen LogP contribution in [0.4, 0.5) is 5.82 Å². The maximum atomic E-state index is 12.4. The monoisotopic (exact) mass is 418 g/mol. The molecule has 4 N–H and O–H groups in total. The second-order valence-electron chi connectivity index (χ2n) is 7.33. The number of amides is 1. The van der Waals surface area contributed by atoms with Crippen LogP contribution in [0.15, 0.2) is 36.3 Å². The number of carbonyl (C=O) groups excluding carboxylic acids is 1. The van der Waals surface area contributed by atoms with Gasteiger partial charge < -0.3 is 25.4 Å². The van der Waals surface area contributed by atoms with Crippen LogP contribution in [-0.2, 0) is 4.79 Å².